The second kappa shape index (κ2) is 3.76. The summed E-state index contributed by atoms with van der Waals surface area (Å²) >= 11 is 0. The monoisotopic (exact) mass is 211 g/mol. The Bertz CT molecular complexity index is 211. The highest BCUT2D eigenvalue weighted by molar-refractivity contribution is 5.02. The summed E-state index contributed by atoms with van der Waals surface area (Å²) in [6, 6.07) is 0. The molecule has 0 bridgehead atoms. The van der Waals surface area contributed by atoms with Crippen LogP contribution in [0.3, 0.4) is 0 Å². The van der Waals surface area contributed by atoms with E-state index in [-0.39, 0.29) is 5.54 Å². The Hall–Kier alpha value is -0.0400. The molecular weight excluding hydrogens is 182 g/mol. The predicted octanol–water partition coefficient (Wildman–Crippen LogP) is 3.97. The normalized spacial score (nSPS) is 29.8. The molecule has 0 aromatic rings. The Morgan fingerprint density at radius 2 is 1.40 bits per heavy atom. The van der Waals surface area contributed by atoms with Crippen molar-refractivity contribution in [1.82, 2.24) is 0 Å². The summed E-state index contributed by atoms with van der Waals surface area (Å²) in [5, 5.41) is 0. The average Bonchev–Trinajstić information content (AvgIpc) is 1.95. The molecule has 0 saturated heterocycles. The third-order valence-corrected chi connectivity index (χ3v) is 4.17. The topological polar surface area (TPSA) is 26.0 Å². The van der Waals surface area contributed by atoms with E-state index in [1.807, 2.05) is 0 Å². The average molecular weight is 211 g/mol. The van der Waals surface area contributed by atoms with E-state index >= 15 is 0 Å². The highest BCUT2D eigenvalue weighted by Gasteiger charge is 2.47. The highest BCUT2D eigenvalue weighted by atomic mass is 14.8. The second-order valence-corrected chi connectivity index (χ2v) is 7.40. The van der Waals surface area contributed by atoms with Gasteiger partial charge in [-0.2, -0.15) is 0 Å². The maximum absolute atomic E-state index is 6.66. The third-order valence-electron chi connectivity index (χ3n) is 4.17. The third kappa shape index (κ3) is 2.96. The van der Waals surface area contributed by atoms with Gasteiger partial charge < -0.3 is 5.73 Å². The van der Waals surface area contributed by atoms with Crippen LogP contribution in [-0.4, -0.2) is 5.54 Å². The number of rotatable bonds is 2. The summed E-state index contributed by atoms with van der Waals surface area (Å²) in [5.74, 6) is 0.636. The summed E-state index contributed by atoms with van der Waals surface area (Å²) in [6.07, 6.45) is 4.86. The van der Waals surface area contributed by atoms with E-state index in [1.165, 1.54) is 25.7 Å². The first-order chi connectivity index (χ1) is 6.60. The van der Waals surface area contributed by atoms with Gasteiger partial charge in [0.05, 0.1) is 0 Å². The largest absolute Gasteiger partial charge is 0.325 e. The minimum atomic E-state index is 0.0556. The number of hydrogen-bond acceptors (Lipinski definition) is 1. The van der Waals surface area contributed by atoms with Gasteiger partial charge in [0.2, 0.25) is 0 Å². The molecule has 0 aromatic heterocycles. The number of hydrogen-bond donors (Lipinski definition) is 1. The SMILES string of the molecule is CCC(C)C1(N)CC(C)(C)CC(C)(C)C1. The summed E-state index contributed by atoms with van der Waals surface area (Å²) in [5.41, 5.74) is 7.53. The van der Waals surface area contributed by atoms with Crippen molar-refractivity contribution < 1.29 is 0 Å². The Kier molecular flexibility index (Phi) is 3.27. The molecule has 90 valence electrons. The molecule has 1 nitrogen and oxygen atoms in total. The summed E-state index contributed by atoms with van der Waals surface area (Å²) < 4.78 is 0. The Morgan fingerprint density at radius 1 is 1.00 bits per heavy atom. The molecule has 0 aromatic carbocycles. The van der Waals surface area contributed by atoms with Gasteiger partial charge in [0, 0.05) is 5.54 Å². The van der Waals surface area contributed by atoms with Crippen molar-refractivity contribution >= 4 is 0 Å². The first kappa shape index (κ1) is 13.0. The van der Waals surface area contributed by atoms with Crippen molar-refractivity contribution in [3.63, 3.8) is 0 Å². The van der Waals surface area contributed by atoms with Crippen molar-refractivity contribution in [2.75, 3.05) is 0 Å². The van der Waals surface area contributed by atoms with E-state index in [2.05, 4.69) is 41.5 Å². The van der Waals surface area contributed by atoms with Crippen molar-refractivity contribution in [2.45, 2.75) is 72.8 Å². The van der Waals surface area contributed by atoms with Crippen LogP contribution in [0, 0.1) is 16.7 Å². The smallest absolute Gasteiger partial charge is 0.0190 e. The zero-order valence-corrected chi connectivity index (χ0v) is 11.5. The van der Waals surface area contributed by atoms with Crippen LogP contribution in [-0.2, 0) is 0 Å². The minimum absolute atomic E-state index is 0.0556. The van der Waals surface area contributed by atoms with Gasteiger partial charge in [0.15, 0.2) is 0 Å². The van der Waals surface area contributed by atoms with Gasteiger partial charge in [-0.3, -0.25) is 0 Å². The van der Waals surface area contributed by atoms with E-state index in [9.17, 15) is 0 Å². The molecule has 1 aliphatic rings. The lowest BCUT2D eigenvalue weighted by Gasteiger charge is -2.53. The predicted molar refractivity (Wildman–Crippen MR) is 67.8 cm³/mol. The van der Waals surface area contributed by atoms with Crippen molar-refractivity contribution in [3.05, 3.63) is 0 Å². The van der Waals surface area contributed by atoms with Crippen molar-refractivity contribution in [3.8, 4) is 0 Å². The summed E-state index contributed by atoms with van der Waals surface area (Å²) in [7, 11) is 0. The molecule has 1 unspecified atom stereocenters. The molecule has 1 rings (SSSR count). The second-order valence-electron chi connectivity index (χ2n) is 7.40. The van der Waals surface area contributed by atoms with Crippen LogP contribution in [0.4, 0.5) is 0 Å². The summed E-state index contributed by atoms with van der Waals surface area (Å²) in [6.45, 7) is 14.1. The summed E-state index contributed by atoms with van der Waals surface area (Å²) in [4.78, 5) is 0. The van der Waals surface area contributed by atoms with Crippen LogP contribution in [0.5, 0.6) is 0 Å². The van der Waals surface area contributed by atoms with Gasteiger partial charge >= 0.3 is 0 Å². The van der Waals surface area contributed by atoms with Crippen LogP contribution in [0.1, 0.15) is 67.2 Å². The van der Waals surface area contributed by atoms with E-state index in [4.69, 9.17) is 5.73 Å². The lowest BCUT2D eigenvalue weighted by atomic mass is 9.55. The number of nitrogens with two attached hydrogens (primary N) is 1. The molecule has 1 atom stereocenters. The van der Waals surface area contributed by atoms with E-state index in [0.29, 0.717) is 16.7 Å². The first-order valence-electron chi connectivity index (χ1n) is 6.39. The molecule has 0 radical (unpaired) electrons. The standard InChI is InChI=1S/C14H29N/c1-7-11(2)14(15)9-12(3,4)8-13(5,6)10-14/h11H,7-10,15H2,1-6H3. The zero-order chi connectivity index (χ0) is 11.9. The fourth-order valence-corrected chi connectivity index (χ4v) is 4.02. The van der Waals surface area contributed by atoms with E-state index in [0.717, 1.165) is 0 Å². The zero-order valence-electron chi connectivity index (χ0n) is 11.5. The van der Waals surface area contributed by atoms with Gasteiger partial charge in [-0.15, -0.1) is 0 Å². The van der Waals surface area contributed by atoms with Gasteiger partial charge in [0.25, 0.3) is 0 Å². The Morgan fingerprint density at radius 3 is 1.73 bits per heavy atom. The molecule has 1 fully saturated rings. The highest BCUT2D eigenvalue weighted by Crippen LogP contribution is 2.51. The van der Waals surface area contributed by atoms with Gasteiger partial charge in [-0.1, -0.05) is 48.0 Å². The van der Waals surface area contributed by atoms with E-state index in [1.54, 1.807) is 0 Å². The lowest BCUT2D eigenvalue weighted by Crippen LogP contribution is -2.55. The Balaban J connectivity index is 2.92. The van der Waals surface area contributed by atoms with Crippen LogP contribution in [0.2, 0.25) is 0 Å². The van der Waals surface area contributed by atoms with Crippen molar-refractivity contribution in [1.29, 1.82) is 0 Å². The maximum Gasteiger partial charge on any atom is 0.0190 e. The lowest BCUT2D eigenvalue weighted by molar-refractivity contribution is 0.0209. The minimum Gasteiger partial charge on any atom is -0.325 e. The Labute approximate surface area is 95.8 Å². The fourth-order valence-electron chi connectivity index (χ4n) is 4.02. The van der Waals surface area contributed by atoms with Gasteiger partial charge in [-0.25, -0.2) is 0 Å². The molecular formula is C14H29N. The first-order valence-corrected chi connectivity index (χ1v) is 6.39. The maximum atomic E-state index is 6.66. The molecule has 15 heavy (non-hydrogen) atoms. The quantitative estimate of drug-likeness (QED) is 0.735. The molecule has 0 spiro atoms. The molecule has 1 saturated carbocycles. The van der Waals surface area contributed by atoms with Crippen molar-refractivity contribution in [2.24, 2.45) is 22.5 Å². The molecule has 2 N–H and O–H groups in total. The molecule has 1 aliphatic carbocycles. The van der Waals surface area contributed by atoms with Crippen LogP contribution < -0.4 is 5.73 Å². The van der Waals surface area contributed by atoms with Gasteiger partial charge in [0.1, 0.15) is 0 Å². The van der Waals surface area contributed by atoms with Crippen LogP contribution in [0.15, 0.2) is 0 Å². The fraction of sp³-hybridized carbons (Fsp3) is 1.00. The molecule has 0 aliphatic heterocycles. The molecule has 1 heteroatoms. The van der Waals surface area contributed by atoms with Gasteiger partial charge in [-0.05, 0) is 36.0 Å². The van der Waals surface area contributed by atoms with Crippen LogP contribution >= 0.6 is 0 Å². The molecule has 0 heterocycles. The van der Waals surface area contributed by atoms with E-state index < -0.39 is 0 Å². The van der Waals surface area contributed by atoms with Crippen LogP contribution in [0.25, 0.3) is 0 Å². The molecule has 0 amide bonds.